The van der Waals surface area contributed by atoms with Gasteiger partial charge in [-0.3, -0.25) is 0 Å². The number of hydrogen-bond donors (Lipinski definition) is 1. The minimum Gasteiger partial charge on any atom is -0.872 e. The summed E-state index contributed by atoms with van der Waals surface area (Å²) >= 11 is 5.65. The maximum absolute atomic E-state index is 12.6. The number of aromatic hydroxyl groups is 1. The molecule has 42 heteroatoms. The summed E-state index contributed by atoms with van der Waals surface area (Å²) in [4.78, 5) is 6.87. The van der Waals surface area contributed by atoms with Crippen LogP contribution in [0.5, 0.6) is 23.0 Å². The second kappa shape index (κ2) is 64.5. The molecule has 0 bridgehead atoms. The number of halogens is 7. The van der Waals surface area contributed by atoms with E-state index < -0.39 is 64.0 Å². The van der Waals surface area contributed by atoms with Crippen LogP contribution in [0.25, 0.3) is 22.9 Å². The molecule has 8 aromatic rings. The fraction of sp³-hybridized carbons (Fsp3) is 0.167. The first-order valence-corrected chi connectivity index (χ1v) is 29.6. The Kier molecular flexibility index (Phi) is 83.5. The Labute approximate surface area is 750 Å². The van der Waals surface area contributed by atoms with Gasteiger partial charge in [-0.1, -0.05) is 39.1 Å². The van der Waals surface area contributed by atoms with E-state index in [9.17, 15) is 88.4 Å². The predicted octanol–water partition coefficient (Wildman–Crippen LogP) is -12.4. The molecule has 0 radical (unpaired) electrons. The molecule has 0 fully saturated rings. The minimum atomic E-state index is -4.54. The summed E-state index contributed by atoms with van der Waals surface area (Å²) in [6, 6.07) is 26.5. The van der Waals surface area contributed by atoms with Gasteiger partial charge in [-0.15, -0.1) is 73.5 Å². The molecule has 0 saturated carbocycles. The van der Waals surface area contributed by atoms with Crippen LogP contribution < -0.4 is 222 Å². The zero-order chi connectivity index (χ0) is 68.7. The Hall–Kier alpha value is -2.47. The van der Waals surface area contributed by atoms with Crippen molar-refractivity contribution in [3.8, 4) is 96.3 Å². The summed E-state index contributed by atoms with van der Waals surface area (Å²) in [5.41, 5.74) is 0.413. The summed E-state index contributed by atoms with van der Waals surface area (Å²) in [6.07, 6.45) is 16.4. The molecule has 0 amide bonds. The van der Waals surface area contributed by atoms with Gasteiger partial charge in [0.25, 0.3) is 0 Å². The molecule has 6 aromatic carbocycles. The fourth-order valence-corrected chi connectivity index (χ4v) is 7.77. The molecule has 0 saturated heterocycles. The molecule has 2 aromatic heterocycles. The van der Waals surface area contributed by atoms with Gasteiger partial charge in [-0.05, 0) is 149 Å². The fourth-order valence-electron chi connectivity index (χ4n) is 5.64. The Morgan fingerprint density at radius 3 is 0.922 bits per heavy atom. The van der Waals surface area contributed by atoms with Gasteiger partial charge in [0, 0.05) is 11.1 Å². The van der Waals surface area contributed by atoms with Crippen LogP contribution in [0.3, 0.4) is 0 Å². The van der Waals surface area contributed by atoms with Gasteiger partial charge in [-0.25, -0.2) is 43.6 Å². The smallest absolute Gasteiger partial charge is 0.872 e. The number of benzene rings is 6. The van der Waals surface area contributed by atoms with Crippen LogP contribution >= 0.6 is 11.6 Å². The number of nitrogens with zero attached hydrogens (tertiary/aromatic N) is 2. The van der Waals surface area contributed by atoms with Crippen LogP contribution in [0.2, 0.25) is 0 Å². The van der Waals surface area contributed by atoms with Crippen LogP contribution in [0.4, 0.5) is 26.3 Å². The maximum atomic E-state index is 12.6. The van der Waals surface area contributed by atoms with Crippen LogP contribution in [0.15, 0.2) is 174 Å². The first-order chi connectivity index (χ1) is 41.3. The number of phenolic OH excluding ortho intramolecular Hbond substituents is 1. The summed E-state index contributed by atoms with van der Waals surface area (Å²) in [5, 5.41) is 29.6. The largest absolute Gasteiger partial charge is 1.00 e. The zero-order valence-electron chi connectivity index (χ0n) is 55.2. The normalized spacial score (nSPS) is 9.30. The summed E-state index contributed by atoms with van der Waals surface area (Å²) in [6.45, 7) is 6.63. The van der Waals surface area contributed by atoms with E-state index in [1.807, 2.05) is 0 Å². The number of phenols is 1. The molecule has 8 rings (SSSR count). The molecule has 0 aliphatic heterocycles. The van der Waals surface area contributed by atoms with E-state index in [4.69, 9.17) is 30.3 Å². The Balaban J connectivity index is -0.0000000773. The summed E-state index contributed by atoms with van der Waals surface area (Å²) in [7, 11) is -17.7. The van der Waals surface area contributed by atoms with Crippen molar-refractivity contribution in [2.45, 2.75) is 87.0 Å². The first-order valence-electron chi connectivity index (χ1n) is 23.4. The molecular weight excluding hydrogens is 1540 g/mol. The second-order valence-electron chi connectivity index (χ2n) is 15.9. The van der Waals surface area contributed by atoms with E-state index in [2.05, 4.69) is 60.3 Å². The number of oxazole rings is 2. The van der Waals surface area contributed by atoms with Crippen LogP contribution in [0.1, 0.15) is 62.7 Å². The topological polar surface area (TPSA) is 481 Å². The number of rotatable bonds is 10. The third kappa shape index (κ3) is 51.7. The third-order valence-electron chi connectivity index (χ3n) is 9.67. The van der Waals surface area contributed by atoms with Gasteiger partial charge in [0.1, 0.15) is 75.8 Å². The van der Waals surface area contributed by atoms with Gasteiger partial charge in [0.05, 0.1) is 42.3 Å². The quantitative estimate of drug-likeness (QED) is 0.0437. The summed E-state index contributed by atoms with van der Waals surface area (Å²) in [5.74, 6) is 5.72. The molecule has 2 heterocycles. The zero-order valence-corrected chi connectivity index (χ0v) is 73.3. The molecule has 524 valence electrons. The molecule has 0 unspecified atom stereocenters. The van der Waals surface area contributed by atoms with E-state index in [0.717, 1.165) is 109 Å². The van der Waals surface area contributed by atoms with Crippen LogP contribution in [0, 0.1) is 64.2 Å². The van der Waals surface area contributed by atoms with Crippen molar-refractivity contribution in [2.24, 2.45) is 0 Å². The van der Waals surface area contributed by atoms with E-state index >= 15 is 0 Å². The van der Waals surface area contributed by atoms with Crippen molar-refractivity contribution in [3.63, 3.8) is 0 Å². The van der Waals surface area contributed by atoms with Crippen molar-refractivity contribution >= 4 is 52.1 Å². The van der Waals surface area contributed by atoms with Crippen LogP contribution in [-0.2, 0) is 65.3 Å². The minimum absolute atomic E-state index is 0. The number of terminal acetylenes is 4. The molecular formula is C60H62ClF6N2Na7O22S4. The Morgan fingerprint density at radius 1 is 0.471 bits per heavy atom. The maximum Gasteiger partial charge on any atom is 1.00 e. The monoisotopic (exact) mass is 1600 g/mol. The van der Waals surface area contributed by atoms with Gasteiger partial charge in [0.2, 0.25) is 11.8 Å². The van der Waals surface area contributed by atoms with Gasteiger partial charge < -0.3 is 69.0 Å². The molecule has 24 nitrogen and oxygen atoms in total. The average molecular weight is 1600 g/mol. The van der Waals surface area contributed by atoms with Crippen molar-refractivity contribution in [3.05, 3.63) is 180 Å². The van der Waals surface area contributed by atoms with Gasteiger partial charge in [0.15, 0.2) is 0 Å². The number of hydrogen-bond acceptors (Lipinski definition) is 21. The number of alkyl halides is 7. The third-order valence-corrected chi connectivity index (χ3v) is 13.3. The predicted molar refractivity (Wildman–Crippen MR) is 330 cm³/mol. The van der Waals surface area contributed by atoms with E-state index in [0.29, 0.717) is 39.8 Å². The van der Waals surface area contributed by atoms with E-state index in [1.165, 1.54) is 36.4 Å². The SMILES string of the molecule is C.C.C#C.C#C.C#CC.C#CC.Cc1oc(-c2ccc(C(F)(F)F)cc2)nc1CCl.Cc1oc(-c2ccc(C(F)(F)F)cc2)nc1COc1ccc(S(=O)(=O)[O-])cc1.O.O.O.O=S(=O)([O-])c1ccc(O)cc1.O=S(=O)([O-])c1ccc([O-])cc1.O=S(=O)([O-])c1ccc([O-])cc1.[Na+].[Na+].[Na+].[Na+].[Na+].[Na+].[Na+].[OH-]. The van der Waals surface area contributed by atoms with E-state index in [-0.39, 0.29) is 305 Å². The number of aromatic nitrogens is 2. The van der Waals surface area contributed by atoms with Gasteiger partial charge in [-0.2, -0.15) is 26.3 Å². The Bertz CT molecular complexity index is 3930. The molecule has 8 N–H and O–H groups in total. The number of aryl methyl sites for hydroxylation is 2. The number of ether oxygens (including phenoxy) is 1. The molecule has 0 aliphatic carbocycles. The van der Waals surface area contributed by atoms with E-state index in [1.54, 1.807) is 27.7 Å². The van der Waals surface area contributed by atoms with Crippen molar-refractivity contribution < 1.29 is 336 Å². The molecule has 0 atom stereocenters. The molecule has 0 aliphatic rings. The second-order valence-corrected chi connectivity index (χ2v) is 21.7. The van der Waals surface area contributed by atoms with Crippen molar-refractivity contribution in [2.75, 3.05) is 0 Å². The van der Waals surface area contributed by atoms with Crippen molar-refractivity contribution in [1.29, 1.82) is 0 Å². The first kappa shape index (κ1) is 132. The van der Waals surface area contributed by atoms with Gasteiger partial charge >= 0.3 is 219 Å². The Morgan fingerprint density at radius 2 is 0.696 bits per heavy atom. The molecule has 0 spiro atoms. The standard InChI is InChI=1S/C18H14F3NO5S.C12H9ClF3NO.3C6H6O4S.2C3H4.2C2H2.2CH4.7Na.4H2O/c1-11-16(10-26-14-6-8-15(9-7-14)28(23,24)25)22-17(27-11)12-2-4-13(5-3-12)18(19,20)21;1-7-10(6-13)17-11(18-7)8-2-4-9(5-3-8)12(14,15)16;3*7-5-1-3-6(4-2-5)11(8,9)10;2*1-3-2;2*1-2;;;;;;;;;;;;;/h2-9H,10H2,1H3,(H,23,24,25);2-5H,6H2,1H3;3*1-4,7H,(H,8,9,10);2*1H,2H3;2*1-2H;2*1H4;;;;;;;;4*1H2/q;;;;;;;;;;;7*+1;;;;/p-7. The average Bonchev–Trinajstić information content (AvgIpc) is 1.63. The van der Waals surface area contributed by atoms with Crippen LogP contribution in [-0.4, -0.2) is 88.9 Å². The van der Waals surface area contributed by atoms with Crippen molar-refractivity contribution in [1.82, 2.24) is 9.97 Å². The summed E-state index contributed by atoms with van der Waals surface area (Å²) < 4.78 is 217. The molecule has 102 heavy (non-hydrogen) atoms.